The van der Waals surface area contributed by atoms with Crippen LogP contribution < -0.4 is 14.8 Å². The number of hydrogen-bond donors (Lipinski definition) is 1. The molecule has 2 aromatic carbocycles. The molecule has 0 bridgehead atoms. The van der Waals surface area contributed by atoms with Crippen molar-refractivity contribution in [2.45, 2.75) is 6.42 Å². The Labute approximate surface area is 139 Å². The predicted molar refractivity (Wildman–Crippen MR) is 88.4 cm³/mol. The SMILES string of the molecule is COc1cc(C=O)c(NC(=O)Cc2cccc(C#N)c2)cc1OC. The molecule has 2 rings (SSSR count). The molecule has 0 aromatic heterocycles. The van der Waals surface area contributed by atoms with Crippen LogP contribution >= 0.6 is 0 Å². The maximum atomic E-state index is 12.2. The smallest absolute Gasteiger partial charge is 0.228 e. The molecule has 0 heterocycles. The molecule has 0 saturated carbocycles. The quantitative estimate of drug-likeness (QED) is 0.825. The van der Waals surface area contributed by atoms with Gasteiger partial charge in [-0.05, 0) is 23.8 Å². The average Bonchev–Trinajstić information content (AvgIpc) is 2.61. The summed E-state index contributed by atoms with van der Waals surface area (Å²) in [7, 11) is 2.93. The van der Waals surface area contributed by atoms with Gasteiger partial charge in [-0.2, -0.15) is 5.26 Å². The van der Waals surface area contributed by atoms with Crippen molar-refractivity contribution in [3.63, 3.8) is 0 Å². The average molecular weight is 324 g/mol. The minimum absolute atomic E-state index is 0.0855. The first-order chi connectivity index (χ1) is 11.6. The molecule has 0 aliphatic rings. The number of nitriles is 1. The number of nitrogens with one attached hydrogen (secondary N) is 1. The predicted octanol–water partition coefficient (Wildman–Crippen LogP) is 2.57. The van der Waals surface area contributed by atoms with Gasteiger partial charge in [-0.3, -0.25) is 9.59 Å². The Morgan fingerprint density at radius 3 is 2.54 bits per heavy atom. The Morgan fingerprint density at radius 2 is 1.92 bits per heavy atom. The molecule has 0 saturated heterocycles. The Kier molecular flexibility index (Phi) is 5.53. The number of anilines is 1. The van der Waals surface area contributed by atoms with Crippen molar-refractivity contribution >= 4 is 17.9 Å². The first-order valence-electron chi connectivity index (χ1n) is 7.11. The highest BCUT2D eigenvalue weighted by Crippen LogP contribution is 2.32. The number of ether oxygens (including phenoxy) is 2. The molecule has 0 fully saturated rings. The Bertz CT molecular complexity index is 809. The second-order valence-corrected chi connectivity index (χ2v) is 4.95. The van der Waals surface area contributed by atoms with E-state index in [0.29, 0.717) is 34.6 Å². The van der Waals surface area contributed by atoms with Gasteiger partial charge in [0.15, 0.2) is 17.8 Å². The molecule has 0 aliphatic heterocycles. The molecule has 0 spiro atoms. The molecule has 0 aliphatic carbocycles. The van der Waals surface area contributed by atoms with E-state index >= 15 is 0 Å². The molecule has 24 heavy (non-hydrogen) atoms. The van der Waals surface area contributed by atoms with E-state index in [1.54, 1.807) is 24.3 Å². The van der Waals surface area contributed by atoms with Crippen LogP contribution in [0.4, 0.5) is 5.69 Å². The molecular formula is C18H16N2O4. The summed E-state index contributed by atoms with van der Waals surface area (Å²) >= 11 is 0. The van der Waals surface area contributed by atoms with Gasteiger partial charge in [-0.15, -0.1) is 0 Å². The largest absolute Gasteiger partial charge is 0.493 e. The topological polar surface area (TPSA) is 88.4 Å². The molecule has 0 unspecified atom stereocenters. The molecule has 1 N–H and O–H groups in total. The van der Waals surface area contributed by atoms with Gasteiger partial charge in [0.1, 0.15) is 0 Å². The number of rotatable bonds is 6. The van der Waals surface area contributed by atoms with Crippen LogP contribution in [0.25, 0.3) is 0 Å². The third kappa shape index (κ3) is 3.90. The molecule has 2 aromatic rings. The third-order valence-corrected chi connectivity index (χ3v) is 3.38. The van der Waals surface area contributed by atoms with Crippen LogP contribution in [0.3, 0.4) is 0 Å². The van der Waals surface area contributed by atoms with Crippen molar-refractivity contribution in [2.75, 3.05) is 19.5 Å². The fourth-order valence-corrected chi connectivity index (χ4v) is 2.23. The highest BCUT2D eigenvalue weighted by atomic mass is 16.5. The van der Waals surface area contributed by atoms with Crippen LogP contribution in [0.15, 0.2) is 36.4 Å². The van der Waals surface area contributed by atoms with Crippen molar-refractivity contribution in [3.8, 4) is 17.6 Å². The first kappa shape index (κ1) is 17.0. The summed E-state index contributed by atoms with van der Waals surface area (Å²) in [6.07, 6.45) is 0.718. The van der Waals surface area contributed by atoms with Crippen LogP contribution in [0.2, 0.25) is 0 Å². The van der Waals surface area contributed by atoms with E-state index in [2.05, 4.69) is 5.32 Å². The number of carbonyl (C=O) groups excluding carboxylic acids is 2. The maximum Gasteiger partial charge on any atom is 0.228 e. The van der Waals surface area contributed by atoms with Gasteiger partial charge in [0.25, 0.3) is 0 Å². The Morgan fingerprint density at radius 1 is 1.21 bits per heavy atom. The van der Waals surface area contributed by atoms with Crippen molar-refractivity contribution in [3.05, 3.63) is 53.1 Å². The summed E-state index contributed by atoms with van der Waals surface area (Å²) in [5, 5.41) is 11.6. The Balaban J connectivity index is 2.21. The molecule has 6 nitrogen and oxygen atoms in total. The maximum absolute atomic E-state index is 12.2. The number of aldehydes is 1. The summed E-state index contributed by atoms with van der Waals surface area (Å²) in [6.45, 7) is 0. The molecule has 0 atom stereocenters. The lowest BCUT2D eigenvalue weighted by molar-refractivity contribution is -0.115. The van der Waals surface area contributed by atoms with Gasteiger partial charge < -0.3 is 14.8 Å². The van der Waals surface area contributed by atoms with E-state index in [9.17, 15) is 9.59 Å². The summed E-state index contributed by atoms with van der Waals surface area (Å²) in [5.41, 5.74) is 1.82. The highest BCUT2D eigenvalue weighted by Gasteiger charge is 2.13. The normalized spacial score (nSPS) is 9.71. The summed E-state index contributed by atoms with van der Waals surface area (Å²) in [6, 6.07) is 11.9. The van der Waals surface area contributed by atoms with Gasteiger partial charge in [0.2, 0.25) is 5.91 Å². The molecule has 0 radical (unpaired) electrons. The first-order valence-corrected chi connectivity index (χ1v) is 7.11. The molecule has 122 valence electrons. The van der Waals surface area contributed by atoms with Crippen molar-refractivity contribution in [2.24, 2.45) is 0 Å². The third-order valence-electron chi connectivity index (χ3n) is 3.38. The van der Waals surface area contributed by atoms with Crippen LogP contribution in [0, 0.1) is 11.3 Å². The van der Waals surface area contributed by atoms with E-state index in [-0.39, 0.29) is 17.9 Å². The standard InChI is InChI=1S/C18H16N2O4/c1-23-16-8-14(11-21)15(9-17(16)24-2)20-18(22)7-12-4-3-5-13(6-12)10-19/h3-6,8-9,11H,7H2,1-2H3,(H,20,22). The second-order valence-electron chi connectivity index (χ2n) is 4.95. The highest BCUT2D eigenvalue weighted by molar-refractivity contribution is 5.98. The van der Waals surface area contributed by atoms with Crippen LogP contribution in [-0.4, -0.2) is 26.4 Å². The van der Waals surface area contributed by atoms with Gasteiger partial charge in [-0.1, -0.05) is 12.1 Å². The van der Waals surface area contributed by atoms with E-state index in [1.165, 1.54) is 26.4 Å². The second kappa shape index (κ2) is 7.79. The number of nitrogens with zero attached hydrogens (tertiary/aromatic N) is 1. The van der Waals surface area contributed by atoms with Crippen LogP contribution in [0.5, 0.6) is 11.5 Å². The van der Waals surface area contributed by atoms with Gasteiger partial charge in [0, 0.05) is 11.6 Å². The van der Waals surface area contributed by atoms with Gasteiger partial charge in [0.05, 0.1) is 38.0 Å². The van der Waals surface area contributed by atoms with E-state index in [0.717, 1.165) is 0 Å². The zero-order chi connectivity index (χ0) is 17.5. The molecule has 6 heteroatoms. The number of amides is 1. The minimum Gasteiger partial charge on any atom is -0.493 e. The Hall–Kier alpha value is -3.33. The fourth-order valence-electron chi connectivity index (χ4n) is 2.23. The van der Waals surface area contributed by atoms with Crippen molar-refractivity contribution in [1.82, 2.24) is 0 Å². The van der Waals surface area contributed by atoms with Crippen molar-refractivity contribution < 1.29 is 19.1 Å². The lowest BCUT2D eigenvalue weighted by Gasteiger charge is -2.13. The minimum atomic E-state index is -0.305. The number of methoxy groups -OCH3 is 2. The van der Waals surface area contributed by atoms with E-state index in [1.807, 2.05) is 6.07 Å². The van der Waals surface area contributed by atoms with E-state index in [4.69, 9.17) is 14.7 Å². The lowest BCUT2D eigenvalue weighted by atomic mass is 10.1. The monoisotopic (exact) mass is 324 g/mol. The van der Waals surface area contributed by atoms with E-state index < -0.39 is 0 Å². The number of benzene rings is 2. The lowest BCUT2D eigenvalue weighted by Crippen LogP contribution is -2.16. The zero-order valence-electron chi connectivity index (χ0n) is 13.3. The summed E-state index contributed by atoms with van der Waals surface area (Å²) in [4.78, 5) is 23.5. The fraction of sp³-hybridized carbons (Fsp3) is 0.167. The summed E-state index contributed by atoms with van der Waals surface area (Å²) in [5.74, 6) is 0.504. The molecular weight excluding hydrogens is 308 g/mol. The van der Waals surface area contributed by atoms with Crippen LogP contribution in [-0.2, 0) is 11.2 Å². The zero-order valence-corrected chi connectivity index (χ0v) is 13.3. The van der Waals surface area contributed by atoms with Crippen LogP contribution in [0.1, 0.15) is 21.5 Å². The van der Waals surface area contributed by atoms with Crippen molar-refractivity contribution in [1.29, 1.82) is 5.26 Å². The number of hydrogen-bond acceptors (Lipinski definition) is 5. The summed E-state index contributed by atoms with van der Waals surface area (Å²) < 4.78 is 10.3. The van der Waals surface area contributed by atoms with Gasteiger partial charge >= 0.3 is 0 Å². The molecule has 1 amide bonds. The number of carbonyl (C=O) groups is 2. The van der Waals surface area contributed by atoms with Gasteiger partial charge in [-0.25, -0.2) is 0 Å².